The largest absolute Gasteiger partial charge is 0.550 e. The van der Waals surface area contributed by atoms with E-state index < -0.39 is 11.4 Å². The molecule has 0 aliphatic heterocycles. The Kier molecular flexibility index (Phi) is 34.6. The van der Waals surface area contributed by atoms with E-state index in [1.165, 1.54) is 161 Å². The fourth-order valence-electron chi connectivity index (χ4n) is 7.26. The molecule has 0 fully saturated rings. The summed E-state index contributed by atoms with van der Waals surface area (Å²) in [5.41, 5.74) is -0.598. The van der Waals surface area contributed by atoms with E-state index in [4.69, 9.17) is 0 Å². The van der Waals surface area contributed by atoms with Crippen molar-refractivity contribution in [2.45, 2.75) is 233 Å². The summed E-state index contributed by atoms with van der Waals surface area (Å²) >= 11 is 0. The average molecular weight is 596 g/mol. The van der Waals surface area contributed by atoms with Crippen LogP contribution in [0.4, 0.5) is 0 Å². The highest BCUT2D eigenvalue weighted by atomic mass is 16.4. The van der Waals surface area contributed by atoms with Crippen LogP contribution in [-0.2, 0) is 4.79 Å². The maximum atomic E-state index is 12.7. The third-order valence-corrected chi connectivity index (χ3v) is 9.90. The Hall–Kier alpha value is -0.570. The summed E-state index contributed by atoms with van der Waals surface area (Å²) in [6.07, 6.45) is 40.9. The number of carbonyl (C=O) groups is 1. The number of quaternary nitrogens is 1. The minimum atomic E-state index is -0.744. The van der Waals surface area contributed by atoms with Crippen LogP contribution < -0.4 is 11.3 Å². The first-order valence-electron chi connectivity index (χ1n) is 19.3. The van der Waals surface area contributed by atoms with Crippen LogP contribution in [0.3, 0.4) is 0 Å². The number of rotatable bonds is 34. The van der Waals surface area contributed by atoms with Crippen LogP contribution in [0.1, 0.15) is 233 Å². The Labute approximate surface area is 266 Å². The SMILES string of the molecule is CCCCCCCCCCCCCCCC(CCC)C(CCC)(CCCCCCCCCCCCCCC)C(=O)[O-].[NH4+]. The second-order valence-corrected chi connectivity index (χ2v) is 13.7. The monoisotopic (exact) mass is 596 g/mol. The Morgan fingerprint density at radius 2 is 0.762 bits per heavy atom. The van der Waals surface area contributed by atoms with Crippen molar-refractivity contribution < 1.29 is 9.90 Å². The molecule has 2 atom stereocenters. The highest BCUT2D eigenvalue weighted by Gasteiger charge is 2.38. The van der Waals surface area contributed by atoms with Crippen molar-refractivity contribution in [3.63, 3.8) is 0 Å². The molecular formula is C39H81NO2. The summed E-state index contributed by atoms with van der Waals surface area (Å²) in [6, 6.07) is 0. The summed E-state index contributed by atoms with van der Waals surface area (Å²) in [4.78, 5) is 12.7. The number of carboxylic acids is 1. The Bertz CT molecular complexity index is 536. The van der Waals surface area contributed by atoms with Crippen molar-refractivity contribution in [3.8, 4) is 0 Å². The summed E-state index contributed by atoms with van der Waals surface area (Å²) in [7, 11) is 0. The van der Waals surface area contributed by atoms with Crippen molar-refractivity contribution >= 4 is 5.97 Å². The molecule has 0 aliphatic rings. The van der Waals surface area contributed by atoms with Crippen LogP contribution in [0.15, 0.2) is 0 Å². The molecule has 0 saturated heterocycles. The van der Waals surface area contributed by atoms with Crippen LogP contribution in [0.2, 0.25) is 0 Å². The predicted octanol–water partition coefficient (Wildman–Crippen LogP) is 13.3. The second-order valence-electron chi connectivity index (χ2n) is 13.7. The third kappa shape index (κ3) is 23.8. The van der Waals surface area contributed by atoms with Gasteiger partial charge in [-0.1, -0.05) is 207 Å². The van der Waals surface area contributed by atoms with E-state index in [2.05, 4.69) is 27.7 Å². The zero-order valence-corrected chi connectivity index (χ0v) is 30.0. The van der Waals surface area contributed by atoms with Gasteiger partial charge in [0.25, 0.3) is 0 Å². The molecule has 42 heavy (non-hydrogen) atoms. The van der Waals surface area contributed by atoms with Crippen LogP contribution in [0, 0.1) is 11.3 Å². The van der Waals surface area contributed by atoms with E-state index >= 15 is 0 Å². The van der Waals surface area contributed by atoms with Gasteiger partial charge in [-0.15, -0.1) is 0 Å². The Morgan fingerprint density at radius 1 is 0.429 bits per heavy atom. The highest BCUT2D eigenvalue weighted by molar-refractivity contribution is 5.72. The zero-order valence-electron chi connectivity index (χ0n) is 30.0. The highest BCUT2D eigenvalue weighted by Crippen LogP contribution is 2.43. The minimum absolute atomic E-state index is 0. The Morgan fingerprint density at radius 3 is 1.07 bits per heavy atom. The fourth-order valence-corrected chi connectivity index (χ4v) is 7.26. The van der Waals surface area contributed by atoms with Crippen molar-refractivity contribution in [1.82, 2.24) is 6.15 Å². The lowest BCUT2D eigenvalue weighted by atomic mass is 9.65. The van der Waals surface area contributed by atoms with Crippen LogP contribution >= 0.6 is 0 Å². The molecule has 0 aromatic heterocycles. The van der Waals surface area contributed by atoms with Gasteiger partial charge >= 0.3 is 0 Å². The van der Waals surface area contributed by atoms with Crippen LogP contribution in [0.5, 0.6) is 0 Å². The van der Waals surface area contributed by atoms with Gasteiger partial charge in [-0.05, 0) is 31.6 Å². The molecule has 0 saturated carbocycles. The van der Waals surface area contributed by atoms with Gasteiger partial charge in [0, 0.05) is 11.4 Å². The first kappa shape index (κ1) is 43.6. The first-order chi connectivity index (χ1) is 20.1. The maximum absolute atomic E-state index is 12.7. The van der Waals surface area contributed by atoms with Gasteiger partial charge in [-0.2, -0.15) is 0 Å². The van der Waals surface area contributed by atoms with Gasteiger partial charge < -0.3 is 16.1 Å². The topological polar surface area (TPSA) is 76.6 Å². The molecule has 0 heterocycles. The van der Waals surface area contributed by atoms with Crippen molar-refractivity contribution in [1.29, 1.82) is 0 Å². The van der Waals surface area contributed by atoms with Crippen molar-refractivity contribution in [2.75, 3.05) is 0 Å². The van der Waals surface area contributed by atoms with E-state index in [0.717, 1.165) is 44.9 Å². The fraction of sp³-hybridized carbons (Fsp3) is 0.974. The quantitative estimate of drug-likeness (QED) is 0.0751. The lowest BCUT2D eigenvalue weighted by molar-refractivity contribution is -0.323. The summed E-state index contributed by atoms with van der Waals surface area (Å²) < 4.78 is 0. The molecule has 3 heteroatoms. The molecule has 3 nitrogen and oxygen atoms in total. The molecule has 0 aromatic rings. The molecular weight excluding hydrogens is 514 g/mol. The third-order valence-electron chi connectivity index (χ3n) is 9.90. The number of carbonyl (C=O) groups excluding carboxylic acids is 1. The molecule has 0 aliphatic carbocycles. The number of hydrogen-bond acceptors (Lipinski definition) is 2. The van der Waals surface area contributed by atoms with Gasteiger partial charge in [0.05, 0.1) is 0 Å². The summed E-state index contributed by atoms with van der Waals surface area (Å²) in [6.45, 7) is 8.96. The van der Waals surface area contributed by atoms with Gasteiger partial charge in [-0.25, -0.2) is 0 Å². The van der Waals surface area contributed by atoms with Crippen molar-refractivity contribution in [2.24, 2.45) is 11.3 Å². The molecule has 0 amide bonds. The lowest BCUT2D eigenvalue weighted by Crippen LogP contribution is -2.47. The van der Waals surface area contributed by atoms with E-state index in [1.807, 2.05) is 0 Å². The standard InChI is InChI=1S/C39H78O2.H3N/c1-5-9-11-13-15-17-19-21-23-25-27-29-31-34-37(33-7-3)39(35-8-4,38(40)41)36-32-30-28-26-24-22-20-18-16-14-12-10-6-2;/h37H,5-36H2,1-4H3,(H,40,41);1H3. The van der Waals surface area contributed by atoms with Crippen molar-refractivity contribution in [3.05, 3.63) is 0 Å². The molecule has 0 spiro atoms. The number of hydrogen-bond donors (Lipinski definition) is 1. The molecule has 0 bridgehead atoms. The van der Waals surface area contributed by atoms with Gasteiger partial charge in [-0.3, -0.25) is 0 Å². The maximum Gasteiger partial charge on any atom is 0.0478 e. The summed E-state index contributed by atoms with van der Waals surface area (Å²) in [5.74, 6) is -0.450. The predicted molar refractivity (Wildman–Crippen MR) is 187 cm³/mol. The van der Waals surface area contributed by atoms with E-state index in [-0.39, 0.29) is 6.15 Å². The second kappa shape index (κ2) is 33.3. The molecule has 0 radical (unpaired) electrons. The molecule has 0 aromatic carbocycles. The zero-order chi connectivity index (χ0) is 30.3. The minimum Gasteiger partial charge on any atom is -0.550 e. The van der Waals surface area contributed by atoms with E-state index in [0.29, 0.717) is 5.92 Å². The van der Waals surface area contributed by atoms with Gasteiger partial charge in [0.2, 0.25) is 0 Å². The number of carboxylic acid groups (broad SMARTS) is 1. The molecule has 0 rings (SSSR count). The number of aliphatic carboxylic acids is 1. The van der Waals surface area contributed by atoms with E-state index in [9.17, 15) is 9.90 Å². The Balaban J connectivity index is 0. The number of unbranched alkanes of at least 4 members (excludes halogenated alkanes) is 24. The lowest BCUT2D eigenvalue weighted by Gasteiger charge is -2.42. The van der Waals surface area contributed by atoms with Crippen LogP contribution in [-0.4, -0.2) is 5.97 Å². The molecule has 254 valence electrons. The van der Waals surface area contributed by atoms with Gasteiger partial charge in [0.15, 0.2) is 0 Å². The first-order valence-corrected chi connectivity index (χ1v) is 19.3. The smallest absolute Gasteiger partial charge is 0.0478 e. The molecule has 2 unspecified atom stereocenters. The van der Waals surface area contributed by atoms with Gasteiger partial charge in [0.1, 0.15) is 0 Å². The molecule has 4 N–H and O–H groups in total. The van der Waals surface area contributed by atoms with Crippen LogP contribution in [0.25, 0.3) is 0 Å². The van der Waals surface area contributed by atoms with E-state index in [1.54, 1.807) is 0 Å². The summed E-state index contributed by atoms with van der Waals surface area (Å²) in [5, 5.41) is 12.7. The average Bonchev–Trinajstić information content (AvgIpc) is 2.96. The normalized spacial score (nSPS) is 13.5.